The number of rotatable bonds is 8. The smallest absolute Gasteiger partial charge is 0.410 e. The Morgan fingerprint density at radius 1 is 1.16 bits per heavy atom. The van der Waals surface area contributed by atoms with Crippen LogP contribution in [-0.2, 0) is 32.2 Å². The number of piperidine rings is 1. The van der Waals surface area contributed by atoms with Gasteiger partial charge in [0.05, 0.1) is 42.5 Å². The molecule has 0 saturated carbocycles. The lowest BCUT2D eigenvalue weighted by Gasteiger charge is -2.41. The topological polar surface area (TPSA) is 128 Å². The lowest BCUT2D eigenvalue weighted by Crippen LogP contribution is -2.58. The molecule has 0 aliphatic carbocycles. The van der Waals surface area contributed by atoms with Crippen molar-refractivity contribution in [1.29, 1.82) is 0 Å². The summed E-state index contributed by atoms with van der Waals surface area (Å²) in [4.78, 5) is 58.1. The SMILES string of the molecule is CCOC(=O)C(C(=O)Cn1cnc2ccc(Cl)cc2c1=O)C1C(O)CCCN1C(=O)OCc1ccccc1. The largest absolute Gasteiger partial charge is 0.465 e. The number of ether oxygens (including phenoxy) is 2. The van der Waals surface area contributed by atoms with Gasteiger partial charge in [0, 0.05) is 11.6 Å². The van der Waals surface area contributed by atoms with Crippen LogP contribution in [0.2, 0.25) is 5.02 Å². The number of ketones is 1. The highest BCUT2D eigenvalue weighted by Gasteiger charge is 2.47. The zero-order chi connectivity index (χ0) is 27.2. The number of likely N-dealkylation sites (tertiary alicyclic amines) is 1. The zero-order valence-electron chi connectivity index (χ0n) is 20.8. The molecule has 1 fully saturated rings. The van der Waals surface area contributed by atoms with Crippen LogP contribution in [-0.4, -0.2) is 62.7 Å². The molecule has 1 aliphatic rings. The summed E-state index contributed by atoms with van der Waals surface area (Å²) in [5.74, 6) is -3.15. The molecule has 3 atom stereocenters. The third-order valence-corrected chi connectivity index (χ3v) is 6.67. The lowest BCUT2D eigenvalue weighted by molar-refractivity contribution is -0.158. The van der Waals surface area contributed by atoms with E-state index in [1.54, 1.807) is 31.2 Å². The third kappa shape index (κ3) is 6.03. The molecule has 1 aliphatic heterocycles. The molecule has 4 rings (SSSR count). The van der Waals surface area contributed by atoms with Gasteiger partial charge in [-0.2, -0.15) is 0 Å². The molecule has 0 bridgehead atoms. The second kappa shape index (κ2) is 12.2. The van der Waals surface area contributed by atoms with Crippen molar-refractivity contribution < 1.29 is 29.0 Å². The van der Waals surface area contributed by atoms with Crippen molar-refractivity contribution in [3.05, 3.63) is 75.8 Å². The van der Waals surface area contributed by atoms with Crippen molar-refractivity contribution in [2.75, 3.05) is 13.2 Å². The van der Waals surface area contributed by atoms with Crippen LogP contribution in [0.4, 0.5) is 4.79 Å². The van der Waals surface area contributed by atoms with E-state index >= 15 is 0 Å². The first-order valence-corrected chi connectivity index (χ1v) is 12.7. The third-order valence-electron chi connectivity index (χ3n) is 6.43. The van der Waals surface area contributed by atoms with E-state index in [9.17, 15) is 24.3 Å². The number of nitrogens with zero attached hydrogens (tertiary/aromatic N) is 3. The van der Waals surface area contributed by atoms with Crippen LogP contribution in [0.3, 0.4) is 0 Å². The molecule has 11 heteroatoms. The van der Waals surface area contributed by atoms with E-state index in [-0.39, 0.29) is 31.6 Å². The van der Waals surface area contributed by atoms with Gasteiger partial charge in [0.15, 0.2) is 5.78 Å². The number of amides is 1. The van der Waals surface area contributed by atoms with Crippen LogP contribution in [0, 0.1) is 5.92 Å². The Bertz CT molecular complexity index is 1380. The Morgan fingerprint density at radius 3 is 2.66 bits per heavy atom. The molecular weight excluding hydrogens is 514 g/mol. The number of carbonyl (C=O) groups is 3. The van der Waals surface area contributed by atoms with Gasteiger partial charge in [0.25, 0.3) is 5.56 Å². The Morgan fingerprint density at radius 2 is 1.92 bits per heavy atom. The van der Waals surface area contributed by atoms with Gasteiger partial charge in [-0.1, -0.05) is 41.9 Å². The van der Waals surface area contributed by atoms with E-state index in [2.05, 4.69) is 4.98 Å². The van der Waals surface area contributed by atoms with E-state index in [1.807, 2.05) is 18.2 Å². The van der Waals surface area contributed by atoms with Gasteiger partial charge in [0.1, 0.15) is 12.5 Å². The maximum atomic E-state index is 13.6. The number of halogens is 1. The molecule has 3 unspecified atom stereocenters. The summed E-state index contributed by atoms with van der Waals surface area (Å²) in [7, 11) is 0. The van der Waals surface area contributed by atoms with Crippen molar-refractivity contribution in [2.24, 2.45) is 5.92 Å². The summed E-state index contributed by atoms with van der Waals surface area (Å²) in [6.07, 6.45) is -0.0133. The molecule has 1 amide bonds. The number of aliphatic hydroxyl groups is 1. The van der Waals surface area contributed by atoms with Gasteiger partial charge in [-0.25, -0.2) is 9.78 Å². The van der Waals surface area contributed by atoms with E-state index in [0.29, 0.717) is 17.0 Å². The predicted octanol–water partition coefficient (Wildman–Crippen LogP) is 2.96. The Balaban J connectivity index is 1.62. The number of fused-ring (bicyclic) bond motifs is 1. The van der Waals surface area contributed by atoms with Crippen molar-refractivity contribution in [2.45, 2.75) is 45.1 Å². The maximum Gasteiger partial charge on any atom is 0.410 e. The first-order chi connectivity index (χ1) is 18.3. The minimum absolute atomic E-state index is 0.0140. The van der Waals surface area contributed by atoms with Crippen molar-refractivity contribution in [3.63, 3.8) is 0 Å². The van der Waals surface area contributed by atoms with Gasteiger partial charge in [-0.3, -0.25) is 19.0 Å². The summed E-state index contributed by atoms with van der Waals surface area (Å²) in [5, 5.41) is 11.4. The van der Waals surface area contributed by atoms with Gasteiger partial charge >= 0.3 is 12.1 Å². The molecule has 38 heavy (non-hydrogen) atoms. The highest BCUT2D eigenvalue weighted by Crippen LogP contribution is 2.27. The lowest BCUT2D eigenvalue weighted by atomic mass is 9.85. The second-order valence-corrected chi connectivity index (χ2v) is 9.41. The number of aliphatic hydroxyl groups excluding tert-OH is 1. The fraction of sp³-hybridized carbons (Fsp3) is 0.370. The number of benzene rings is 2. The van der Waals surface area contributed by atoms with Crippen molar-refractivity contribution >= 4 is 40.3 Å². The first kappa shape index (κ1) is 27.3. The van der Waals surface area contributed by atoms with E-state index in [1.165, 1.54) is 17.3 Å². The Kier molecular flexibility index (Phi) is 8.75. The second-order valence-electron chi connectivity index (χ2n) is 8.97. The van der Waals surface area contributed by atoms with Crippen LogP contribution in [0.15, 0.2) is 59.7 Å². The standard InChI is InChI=1S/C27H28ClN3O7/c1-2-37-26(35)23(22(33)14-30-16-29-20-11-10-18(28)13-19(20)25(30)34)24-21(32)9-6-12-31(24)27(36)38-15-17-7-4-3-5-8-17/h3-5,7-8,10-11,13,16,21,23-24,32H,2,6,9,12,14-15H2,1H3. The average Bonchev–Trinajstić information content (AvgIpc) is 2.91. The molecule has 2 aromatic carbocycles. The molecule has 1 aromatic heterocycles. The number of hydrogen-bond donors (Lipinski definition) is 1. The van der Waals surface area contributed by atoms with E-state index in [4.69, 9.17) is 21.1 Å². The zero-order valence-corrected chi connectivity index (χ0v) is 21.5. The molecule has 2 heterocycles. The molecule has 10 nitrogen and oxygen atoms in total. The molecular formula is C27H28ClN3O7. The summed E-state index contributed by atoms with van der Waals surface area (Å²) < 4.78 is 11.7. The van der Waals surface area contributed by atoms with Crippen molar-refractivity contribution in [3.8, 4) is 0 Å². The fourth-order valence-electron chi connectivity index (χ4n) is 4.62. The highest BCUT2D eigenvalue weighted by atomic mass is 35.5. The van der Waals surface area contributed by atoms with Gasteiger partial charge < -0.3 is 19.5 Å². The van der Waals surface area contributed by atoms with Crippen LogP contribution >= 0.6 is 11.6 Å². The Labute approximate surface area is 223 Å². The van der Waals surface area contributed by atoms with Crippen molar-refractivity contribution in [1.82, 2.24) is 14.5 Å². The normalized spacial score (nSPS) is 18.1. The van der Waals surface area contributed by atoms with Gasteiger partial charge in [-0.05, 0) is 43.5 Å². The summed E-state index contributed by atoms with van der Waals surface area (Å²) in [6.45, 7) is 1.21. The van der Waals surface area contributed by atoms with Crippen LogP contribution < -0.4 is 5.56 Å². The fourth-order valence-corrected chi connectivity index (χ4v) is 4.79. The number of carbonyl (C=O) groups excluding carboxylic acids is 3. The molecule has 1 saturated heterocycles. The van der Waals surface area contributed by atoms with E-state index < -0.39 is 48.0 Å². The predicted molar refractivity (Wildman–Crippen MR) is 139 cm³/mol. The molecule has 200 valence electrons. The molecule has 0 spiro atoms. The first-order valence-electron chi connectivity index (χ1n) is 12.3. The molecule has 1 N–H and O–H groups in total. The van der Waals surface area contributed by atoms with Gasteiger partial charge in [-0.15, -0.1) is 0 Å². The maximum absolute atomic E-state index is 13.6. The highest BCUT2D eigenvalue weighted by molar-refractivity contribution is 6.31. The number of aromatic nitrogens is 2. The van der Waals surface area contributed by atoms with Crippen LogP contribution in [0.5, 0.6) is 0 Å². The van der Waals surface area contributed by atoms with Crippen LogP contribution in [0.25, 0.3) is 10.9 Å². The number of Topliss-reactive ketones (excluding diaryl/α,β-unsaturated/α-hetero) is 1. The minimum Gasteiger partial charge on any atom is -0.465 e. The Hall–Kier alpha value is -3.76. The minimum atomic E-state index is -1.54. The number of esters is 1. The monoisotopic (exact) mass is 541 g/mol. The summed E-state index contributed by atoms with van der Waals surface area (Å²) in [5.41, 5.74) is 0.646. The van der Waals surface area contributed by atoms with Crippen LogP contribution in [0.1, 0.15) is 25.3 Å². The van der Waals surface area contributed by atoms with Gasteiger partial charge in [0.2, 0.25) is 0 Å². The number of hydrogen-bond acceptors (Lipinski definition) is 8. The van der Waals surface area contributed by atoms with E-state index in [0.717, 1.165) is 10.1 Å². The average molecular weight is 542 g/mol. The summed E-state index contributed by atoms with van der Waals surface area (Å²) in [6, 6.07) is 12.5. The summed E-state index contributed by atoms with van der Waals surface area (Å²) >= 11 is 6.02. The molecule has 0 radical (unpaired) electrons. The molecule has 3 aromatic rings. The quantitative estimate of drug-likeness (QED) is 0.340.